The monoisotopic (exact) mass is 225 g/mol. The van der Waals surface area contributed by atoms with E-state index in [4.69, 9.17) is 0 Å². The zero-order chi connectivity index (χ0) is 11.8. The number of nitrogens with one attached hydrogen (secondary N) is 1. The summed E-state index contributed by atoms with van der Waals surface area (Å²) in [4.78, 5) is 6.38. The molecule has 1 atom stereocenters. The fourth-order valence-corrected chi connectivity index (χ4v) is 2.81. The molecule has 0 aromatic carbocycles. The summed E-state index contributed by atoms with van der Waals surface area (Å²) in [6.45, 7) is 10.3. The van der Waals surface area contributed by atoms with Crippen molar-refractivity contribution in [1.29, 1.82) is 0 Å². The smallest absolute Gasteiger partial charge is 0.0902 e. The van der Waals surface area contributed by atoms with Gasteiger partial charge in [-0.15, -0.1) is 0 Å². The minimum atomic E-state index is 0.819. The Balaban J connectivity index is 2.29. The molecule has 0 amide bonds. The van der Waals surface area contributed by atoms with Crippen molar-refractivity contribution in [2.45, 2.75) is 32.6 Å². The van der Waals surface area contributed by atoms with Gasteiger partial charge < -0.3 is 5.32 Å². The Labute approximate surface area is 100 Å². The minimum Gasteiger partial charge on any atom is -0.320 e. The maximum absolute atomic E-state index is 3.96. The molecule has 1 N–H and O–H groups in total. The number of nitrogens with zero attached hydrogens (tertiary/aromatic N) is 2. The summed E-state index contributed by atoms with van der Waals surface area (Å²) in [7, 11) is 2.05. The van der Waals surface area contributed by atoms with Gasteiger partial charge in [-0.1, -0.05) is 13.3 Å². The molecular formula is C13H27N3. The van der Waals surface area contributed by atoms with Crippen molar-refractivity contribution in [2.75, 3.05) is 33.4 Å². The third-order valence-corrected chi connectivity index (χ3v) is 3.89. The van der Waals surface area contributed by atoms with Crippen LogP contribution in [0.25, 0.3) is 0 Å². The molecule has 0 radical (unpaired) electrons. The van der Waals surface area contributed by atoms with Crippen molar-refractivity contribution in [3.05, 3.63) is 0 Å². The lowest BCUT2D eigenvalue weighted by atomic mass is 9.81. The largest absolute Gasteiger partial charge is 0.320 e. The lowest BCUT2D eigenvalue weighted by Gasteiger charge is -2.35. The van der Waals surface area contributed by atoms with Gasteiger partial charge in [0.05, 0.1) is 6.67 Å². The lowest BCUT2D eigenvalue weighted by molar-refractivity contribution is 0.143. The van der Waals surface area contributed by atoms with Gasteiger partial charge in [-0.25, -0.2) is 0 Å². The van der Waals surface area contributed by atoms with E-state index in [0.717, 1.165) is 25.0 Å². The maximum Gasteiger partial charge on any atom is 0.0902 e. The second kappa shape index (κ2) is 7.80. The SMILES string of the molecule is C=NCN1CCC(C(CC)CCNC)CC1. The van der Waals surface area contributed by atoms with Gasteiger partial charge in [0.1, 0.15) is 0 Å². The van der Waals surface area contributed by atoms with Gasteiger partial charge in [0.25, 0.3) is 0 Å². The highest BCUT2D eigenvalue weighted by atomic mass is 15.2. The Bertz CT molecular complexity index is 186. The first-order chi connectivity index (χ1) is 7.81. The van der Waals surface area contributed by atoms with Crippen molar-refractivity contribution in [3.8, 4) is 0 Å². The van der Waals surface area contributed by atoms with Crippen LogP contribution in [0, 0.1) is 11.8 Å². The summed E-state index contributed by atoms with van der Waals surface area (Å²) in [5.74, 6) is 1.84. The normalized spacial score (nSPS) is 20.9. The molecular weight excluding hydrogens is 198 g/mol. The van der Waals surface area contributed by atoms with Gasteiger partial charge >= 0.3 is 0 Å². The molecule has 1 aliphatic heterocycles. The molecule has 1 unspecified atom stereocenters. The van der Waals surface area contributed by atoms with Crippen LogP contribution in [-0.4, -0.2) is 45.0 Å². The predicted octanol–water partition coefficient (Wildman–Crippen LogP) is 1.99. The van der Waals surface area contributed by atoms with Crippen LogP contribution in [0.2, 0.25) is 0 Å². The molecule has 0 aromatic rings. The van der Waals surface area contributed by atoms with Crippen LogP contribution in [0.15, 0.2) is 4.99 Å². The fraction of sp³-hybridized carbons (Fsp3) is 0.923. The predicted molar refractivity (Wildman–Crippen MR) is 71.0 cm³/mol. The molecule has 16 heavy (non-hydrogen) atoms. The van der Waals surface area contributed by atoms with Crippen LogP contribution in [0.3, 0.4) is 0 Å². The molecule has 0 aromatic heterocycles. The molecule has 94 valence electrons. The summed E-state index contributed by atoms with van der Waals surface area (Å²) in [6.07, 6.45) is 5.35. The Hall–Kier alpha value is -0.410. The highest BCUT2D eigenvalue weighted by molar-refractivity contribution is 5.22. The average molecular weight is 225 g/mol. The van der Waals surface area contributed by atoms with E-state index in [0.29, 0.717) is 0 Å². The van der Waals surface area contributed by atoms with E-state index in [-0.39, 0.29) is 0 Å². The van der Waals surface area contributed by atoms with Crippen molar-refractivity contribution in [1.82, 2.24) is 10.2 Å². The van der Waals surface area contributed by atoms with Crippen LogP contribution < -0.4 is 5.32 Å². The van der Waals surface area contributed by atoms with Gasteiger partial charge in [0.2, 0.25) is 0 Å². The summed E-state index contributed by atoms with van der Waals surface area (Å²) >= 11 is 0. The second-order valence-electron chi connectivity index (χ2n) is 4.88. The van der Waals surface area contributed by atoms with E-state index >= 15 is 0 Å². The van der Waals surface area contributed by atoms with Gasteiger partial charge in [0, 0.05) is 13.1 Å². The lowest BCUT2D eigenvalue weighted by Crippen LogP contribution is -2.36. The molecule has 0 saturated carbocycles. The van der Waals surface area contributed by atoms with Crippen molar-refractivity contribution < 1.29 is 0 Å². The molecule has 0 aliphatic carbocycles. The zero-order valence-corrected chi connectivity index (χ0v) is 10.9. The highest BCUT2D eigenvalue weighted by Gasteiger charge is 2.24. The van der Waals surface area contributed by atoms with Crippen molar-refractivity contribution in [2.24, 2.45) is 16.8 Å². The number of hydrogen-bond acceptors (Lipinski definition) is 3. The van der Waals surface area contributed by atoms with E-state index < -0.39 is 0 Å². The number of piperidine rings is 1. The van der Waals surface area contributed by atoms with E-state index in [1.807, 2.05) is 7.05 Å². The Morgan fingerprint density at radius 3 is 2.62 bits per heavy atom. The van der Waals surface area contributed by atoms with Crippen LogP contribution in [0.5, 0.6) is 0 Å². The van der Waals surface area contributed by atoms with Gasteiger partial charge in [-0.3, -0.25) is 9.89 Å². The first-order valence-corrected chi connectivity index (χ1v) is 6.61. The molecule has 1 saturated heterocycles. The van der Waals surface area contributed by atoms with Crippen LogP contribution in [0.1, 0.15) is 32.6 Å². The molecule has 1 heterocycles. The molecule has 3 heteroatoms. The summed E-state index contributed by atoms with van der Waals surface area (Å²) < 4.78 is 0. The third kappa shape index (κ3) is 4.22. The van der Waals surface area contributed by atoms with Crippen molar-refractivity contribution >= 4 is 6.72 Å². The molecule has 1 aliphatic rings. The number of likely N-dealkylation sites (tertiary alicyclic amines) is 1. The minimum absolute atomic E-state index is 0.819. The topological polar surface area (TPSA) is 27.6 Å². The van der Waals surface area contributed by atoms with E-state index in [1.165, 1.54) is 38.8 Å². The molecule has 3 nitrogen and oxygen atoms in total. The van der Waals surface area contributed by atoms with E-state index in [2.05, 4.69) is 28.9 Å². The Kier molecular flexibility index (Phi) is 6.65. The van der Waals surface area contributed by atoms with Crippen LogP contribution in [-0.2, 0) is 0 Å². The summed E-state index contributed by atoms with van der Waals surface area (Å²) in [5, 5.41) is 3.27. The van der Waals surface area contributed by atoms with Gasteiger partial charge in [0.15, 0.2) is 0 Å². The summed E-state index contributed by atoms with van der Waals surface area (Å²) in [5.41, 5.74) is 0. The third-order valence-electron chi connectivity index (χ3n) is 3.89. The van der Waals surface area contributed by atoms with E-state index in [1.54, 1.807) is 0 Å². The van der Waals surface area contributed by atoms with Crippen molar-refractivity contribution in [3.63, 3.8) is 0 Å². The quantitative estimate of drug-likeness (QED) is 0.671. The number of aliphatic imine (C=N–C) groups is 1. The van der Waals surface area contributed by atoms with Crippen LogP contribution >= 0.6 is 0 Å². The fourth-order valence-electron chi connectivity index (χ4n) is 2.81. The van der Waals surface area contributed by atoms with Crippen LogP contribution in [0.4, 0.5) is 0 Å². The van der Waals surface area contributed by atoms with Gasteiger partial charge in [-0.2, -0.15) is 0 Å². The molecule has 0 bridgehead atoms. The highest BCUT2D eigenvalue weighted by Crippen LogP contribution is 2.29. The number of hydrogen-bond donors (Lipinski definition) is 1. The maximum atomic E-state index is 3.96. The Morgan fingerprint density at radius 2 is 2.12 bits per heavy atom. The van der Waals surface area contributed by atoms with Gasteiger partial charge in [-0.05, 0) is 51.4 Å². The zero-order valence-electron chi connectivity index (χ0n) is 10.9. The molecule has 1 rings (SSSR count). The second-order valence-corrected chi connectivity index (χ2v) is 4.88. The molecule has 0 spiro atoms. The standard InChI is InChI=1S/C13H27N3/c1-4-12(5-8-14-2)13-6-9-16(10-7-13)11-15-3/h12-14H,3-11H2,1-2H3. The Morgan fingerprint density at radius 1 is 1.44 bits per heavy atom. The average Bonchev–Trinajstić information content (AvgIpc) is 2.32. The molecule has 1 fully saturated rings. The first-order valence-electron chi connectivity index (χ1n) is 6.61. The number of rotatable bonds is 7. The summed E-state index contributed by atoms with van der Waals surface area (Å²) in [6, 6.07) is 0. The first kappa shape index (κ1) is 13.7. The van der Waals surface area contributed by atoms with E-state index in [9.17, 15) is 0 Å².